The summed E-state index contributed by atoms with van der Waals surface area (Å²) >= 11 is 6.34. The minimum atomic E-state index is -0.860. The summed E-state index contributed by atoms with van der Waals surface area (Å²) in [6.45, 7) is 1.93. The molecule has 1 amide bonds. The molecule has 0 radical (unpaired) electrons. The number of nitrogens with zero attached hydrogens (tertiary/aromatic N) is 1. The lowest BCUT2D eigenvalue weighted by molar-refractivity contribution is -0.132. The smallest absolute Gasteiger partial charge is 0.300 e. The Morgan fingerprint density at radius 1 is 0.909 bits per heavy atom. The van der Waals surface area contributed by atoms with E-state index < -0.39 is 17.7 Å². The van der Waals surface area contributed by atoms with Crippen LogP contribution in [-0.2, 0) is 9.59 Å². The lowest BCUT2D eigenvalue weighted by atomic mass is 9.95. The number of halogens is 1. The van der Waals surface area contributed by atoms with E-state index in [9.17, 15) is 14.7 Å². The van der Waals surface area contributed by atoms with Crippen molar-refractivity contribution in [2.45, 2.75) is 13.0 Å². The van der Waals surface area contributed by atoms with Crippen molar-refractivity contribution in [1.82, 2.24) is 0 Å². The monoisotopic (exact) mass is 463 g/mol. The summed E-state index contributed by atoms with van der Waals surface area (Å²) in [6.07, 6.45) is 0. The Kier molecular flexibility index (Phi) is 6.11. The molecule has 0 aromatic heterocycles. The Labute approximate surface area is 196 Å². The summed E-state index contributed by atoms with van der Waals surface area (Å²) in [4.78, 5) is 27.8. The molecular weight excluding hydrogens is 442 g/mol. The molecule has 168 valence electrons. The molecule has 1 aliphatic heterocycles. The van der Waals surface area contributed by atoms with E-state index in [-0.39, 0.29) is 21.9 Å². The molecule has 0 bridgehead atoms. The van der Waals surface area contributed by atoms with E-state index >= 15 is 0 Å². The Bertz CT molecular complexity index is 1250. The van der Waals surface area contributed by atoms with Crippen molar-refractivity contribution in [2.24, 2.45) is 0 Å². The van der Waals surface area contributed by atoms with Crippen molar-refractivity contribution in [2.75, 3.05) is 19.1 Å². The second-order valence-electron chi connectivity index (χ2n) is 7.62. The zero-order valence-electron chi connectivity index (χ0n) is 18.3. The second kappa shape index (κ2) is 9.00. The highest BCUT2D eigenvalue weighted by atomic mass is 35.5. The summed E-state index contributed by atoms with van der Waals surface area (Å²) in [7, 11) is 3.04. The minimum Gasteiger partial charge on any atom is -0.507 e. The largest absolute Gasteiger partial charge is 0.507 e. The van der Waals surface area contributed by atoms with Crippen LogP contribution in [0, 0.1) is 6.92 Å². The van der Waals surface area contributed by atoms with Crippen LogP contribution in [0.2, 0.25) is 5.02 Å². The van der Waals surface area contributed by atoms with Crippen LogP contribution < -0.4 is 14.4 Å². The van der Waals surface area contributed by atoms with E-state index in [1.807, 2.05) is 19.1 Å². The summed E-state index contributed by atoms with van der Waals surface area (Å²) in [5, 5.41) is 11.5. The molecule has 1 atom stereocenters. The maximum atomic E-state index is 13.2. The summed E-state index contributed by atoms with van der Waals surface area (Å²) in [5.41, 5.74) is 2.34. The van der Waals surface area contributed by atoms with E-state index in [1.54, 1.807) is 55.6 Å². The zero-order chi connectivity index (χ0) is 23.7. The molecule has 1 saturated heterocycles. The average Bonchev–Trinajstić information content (AvgIpc) is 3.10. The molecule has 1 heterocycles. The van der Waals surface area contributed by atoms with Gasteiger partial charge in [0.15, 0.2) is 0 Å². The third-order valence-electron chi connectivity index (χ3n) is 5.62. The number of anilines is 1. The predicted molar refractivity (Wildman–Crippen MR) is 127 cm³/mol. The van der Waals surface area contributed by atoms with Crippen molar-refractivity contribution in [3.05, 3.63) is 94.0 Å². The molecule has 0 saturated carbocycles. The van der Waals surface area contributed by atoms with E-state index in [2.05, 4.69) is 0 Å². The van der Waals surface area contributed by atoms with Crippen LogP contribution in [0.25, 0.3) is 5.76 Å². The third-order valence-corrected chi connectivity index (χ3v) is 5.95. The first kappa shape index (κ1) is 22.4. The first-order chi connectivity index (χ1) is 15.8. The van der Waals surface area contributed by atoms with Crippen molar-refractivity contribution in [3.8, 4) is 11.5 Å². The first-order valence-electron chi connectivity index (χ1n) is 10.2. The number of Topliss-reactive ketones (excluding diaryl/α,β-unsaturated/α-hetero) is 1. The van der Waals surface area contributed by atoms with Gasteiger partial charge in [-0.15, -0.1) is 0 Å². The molecule has 1 aliphatic rings. The maximum absolute atomic E-state index is 13.2. The number of amides is 1. The van der Waals surface area contributed by atoms with Gasteiger partial charge in [-0.2, -0.15) is 0 Å². The number of carbonyl (C=O) groups is 2. The summed E-state index contributed by atoms with van der Waals surface area (Å²) < 4.78 is 10.5. The predicted octanol–water partition coefficient (Wildman–Crippen LogP) is 5.29. The minimum absolute atomic E-state index is 0.0547. The molecule has 1 N–H and O–H groups in total. The van der Waals surface area contributed by atoms with Crippen LogP contribution in [-0.4, -0.2) is 31.0 Å². The van der Waals surface area contributed by atoms with Gasteiger partial charge in [0.2, 0.25) is 0 Å². The van der Waals surface area contributed by atoms with Crippen molar-refractivity contribution in [1.29, 1.82) is 0 Å². The third kappa shape index (κ3) is 4.05. The molecule has 33 heavy (non-hydrogen) atoms. The Morgan fingerprint density at radius 2 is 1.52 bits per heavy atom. The van der Waals surface area contributed by atoms with Gasteiger partial charge in [0.25, 0.3) is 11.7 Å². The number of hydrogen-bond donors (Lipinski definition) is 1. The van der Waals surface area contributed by atoms with E-state index in [4.69, 9.17) is 21.1 Å². The fourth-order valence-electron chi connectivity index (χ4n) is 3.86. The Hall–Kier alpha value is -3.77. The van der Waals surface area contributed by atoms with Crippen LogP contribution >= 0.6 is 11.6 Å². The quantitative estimate of drug-likeness (QED) is 0.316. The van der Waals surface area contributed by atoms with Gasteiger partial charge in [0.05, 0.1) is 30.9 Å². The van der Waals surface area contributed by atoms with Crippen LogP contribution in [0.4, 0.5) is 5.69 Å². The first-order valence-corrected chi connectivity index (χ1v) is 10.6. The molecule has 6 nitrogen and oxygen atoms in total. The number of aliphatic hydroxyl groups is 1. The fraction of sp³-hybridized carbons (Fsp3) is 0.154. The number of rotatable bonds is 5. The highest BCUT2D eigenvalue weighted by Crippen LogP contribution is 2.43. The highest BCUT2D eigenvalue weighted by Gasteiger charge is 2.47. The van der Waals surface area contributed by atoms with Crippen LogP contribution in [0.3, 0.4) is 0 Å². The number of aryl methyl sites for hydroxylation is 1. The summed E-state index contributed by atoms with van der Waals surface area (Å²) in [6, 6.07) is 18.1. The number of carbonyl (C=O) groups excluding carboxylic acids is 2. The van der Waals surface area contributed by atoms with E-state index in [1.165, 1.54) is 18.1 Å². The normalized spacial score (nSPS) is 17.3. The van der Waals surface area contributed by atoms with Gasteiger partial charge >= 0.3 is 0 Å². The lowest BCUT2D eigenvalue weighted by Gasteiger charge is -2.25. The summed E-state index contributed by atoms with van der Waals surface area (Å²) in [5.74, 6) is -0.822. The molecule has 3 aromatic rings. The van der Waals surface area contributed by atoms with E-state index in [0.717, 1.165) is 5.56 Å². The highest BCUT2D eigenvalue weighted by molar-refractivity contribution is 6.52. The lowest BCUT2D eigenvalue weighted by Crippen LogP contribution is -2.29. The molecule has 1 unspecified atom stereocenters. The van der Waals surface area contributed by atoms with Gasteiger partial charge in [0.1, 0.15) is 17.3 Å². The van der Waals surface area contributed by atoms with Gasteiger partial charge in [-0.25, -0.2) is 0 Å². The Morgan fingerprint density at radius 3 is 2.12 bits per heavy atom. The molecular formula is C26H22ClNO5. The van der Waals surface area contributed by atoms with Gasteiger partial charge in [0, 0.05) is 11.3 Å². The van der Waals surface area contributed by atoms with Crippen LogP contribution in [0.5, 0.6) is 11.5 Å². The SMILES string of the molecule is COc1ccc(C2/C(=C(\O)c3cc(OC)ccc3Cl)C(=O)C(=O)N2c2ccc(C)cc2)cc1. The zero-order valence-corrected chi connectivity index (χ0v) is 19.1. The fourth-order valence-corrected chi connectivity index (χ4v) is 4.07. The molecule has 3 aromatic carbocycles. The molecule has 7 heteroatoms. The van der Waals surface area contributed by atoms with Gasteiger partial charge < -0.3 is 14.6 Å². The average molecular weight is 464 g/mol. The standard InChI is InChI=1S/C26H22ClNO5/c1-15-4-8-17(9-5-15)28-23(16-6-10-18(32-2)11-7-16)22(25(30)26(28)31)24(29)20-14-19(33-3)12-13-21(20)27/h4-14,23,29H,1-3H3/b24-22+. The Balaban J connectivity index is 1.95. The van der Waals surface area contributed by atoms with Gasteiger partial charge in [-0.1, -0.05) is 41.4 Å². The molecule has 0 aliphatic carbocycles. The van der Waals surface area contributed by atoms with Crippen molar-refractivity contribution >= 4 is 34.7 Å². The number of ether oxygens (including phenoxy) is 2. The van der Waals surface area contributed by atoms with E-state index in [0.29, 0.717) is 22.7 Å². The number of hydrogen-bond acceptors (Lipinski definition) is 5. The van der Waals surface area contributed by atoms with Crippen molar-refractivity contribution < 1.29 is 24.2 Å². The van der Waals surface area contributed by atoms with Crippen molar-refractivity contribution in [3.63, 3.8) is 0 Å². The molecule has 1 fully saturated rings. The molecule has 4 rings (SSSR count). The number of ketones is 1. The topological polar surface area (TPSA) is 76.1 Å². The maximum Gasteiger partial charge on any atom is 0.300 e. The van der Waals surface area contributed by atoms with Crippen LogP contribution in [0.1, 0.15) is 22.7 Å². The molecule has 0 spiro atoms. The number of methoxy groups -OCH3 is 2. The van der Waals surface area contributed by atoms with Crippen LogP contribution in [0.15, 0.2) is 72.3 Å². The number of benzene rings is 3. The van der Waals surface area contributed by atoms with Gasteiger partial charge in [-0.05, 0) is 55.0 Å². The second-order valence-corrected chi connectivity index (χ2v) is 8.03. The van der Waals surface area contributed by atoms with Gasteiger partial charge in [-0.3, -0.25) is 14.5 Å². The number of aliphatic hydroxyl groups excluding tert-OH is 1.